The van der Waals surface area contributed by atoms with Crippen LogP contribution >= 0.6 is 26.5 Å². The molecule has 0 aliphatic carbocycles. The van der Waals surface area contributed by atoms with E-state index in [1.54, 1.807) is 72.0 Å². The van der Waals surface area contributed by atoms with Gasteiger partial charge in [0.15, 0.2) is 0 Å². The van der Waals surface area contributed by atoms with Crippen LogP contribution in [0.5, 0.6) is 23.0 Å². The van der Waals surface area contributed by atoms with E-state index >= 15 is 0 Å². The standard InChI is InChI=1S/C36H26O6P2S/c37-43(39-27-13-5-1-6-14-27,40-28-15-7-2-8-16-28)31-21-23-35-33(25-31)34-26-32(22-24-36(34)45-35)44(38,41-29-17-9-3-10-18-29)42-30-19-11-4-12-20-30/h1-26H. The van der Waals surface area contributed by atoms with Crippen LogP contribution in [0.3, 0.4) is 0 Å². The van der Waals surface area contributed by atoms with Crippen molar-refractivity contribution >= 4 is 57.3 Å². The lowest BCUT2D eigenvalue weighted by molar-refractivity contribution is 0.398. The third-order valence-corrected chi connectivity index (χ3v) is 11.7. The minimum atomic E-state index is -3.91. The maximum absolute atomic E-state index is 14.6. The van der Waals surface area contributed by atoms with Gasteiger partial charge in [-0.25, -0.2) is 9.13 Å². The highest BCUT2D eigenvalue weighted by atomic mass is 32.1. The van der Waals surface area contributed by atoms with Crippen LogP contribution in [0.2, 0.25) is 0 Å². The van der Waals surface area contributed by atoms with Crippen molar-refractivity contribution in [3.63, 3.8) is 0 Å². The van der Waals surface area contributed by atoms with Crippen LogP contribution in [0.1, 0.15) is 0 Å². The molecule has 6 aromatic carbocycles. The molecular formula is C36H26O6P2S. The van der Waals surface area contributed by atoms with Crippen molar-refractivity contribution < 1.29 is 27.2 Å². The first-order valence-corrected chi connectivity index (χ1v) is 18.0. The van der Waals surface area contributed by atoms with E-state index in [1.165, 1.54) is 0 Å². The molecule has 9 heteroatoms. The van der Waals surface area contributed by atoms with Gasteiger partial charge in [0.1, 0.15) is 23.0 Å². The second kappa shape index (κ2) is 12.3. The van der Waals surface area contributed by atoms with Crippen LogP contribution in [0.15, 0.2) is 158 Å². The predicted octanol–water partition coefficient (Wildman–Crippen LogP) is 10.0. The van der Waals surface area contributed by atoms with Crippen molar-refractivity contribution in [1.29, 1.82) is 0 Å². The van der Waals surface area contributed by atoms with Gasteiger partial charge in [-0.05, 0) is 84.9 Å². The Morgan fingerprint density at radius 2 is 0.667 bits per heavy atom. The highest BCUT2D eigenvalue weighted by molar-refractivity contribution is 7.63. The van der Waals surface area contributed by atoms with Crippen LogP contribution in [0, 0.1) is 0 Å². The summed E-state index contributed by atoms with van der Waals surface area (Å²) in [5.74, 6) is 1.69. The summed E-state index contributed by atoms with van der Waals surface area (Å²) in [6, 6.07) is 46.9. The number of hydrogen-bond donors (Lipinski definition) is 0. The molecule has 0 saturated carbocycles. The lowest BCUT2D eigenvalue weighted by Gasteiger charge is -2.21. The summed E-state index contributed by atoms with van der Waals surface area (Å²) in [5, 5.41) is 2.40. The zero-order chi connectivity index (χ0) is 30.7. The monoisotopic (exact) mass is 648 g/mol. The van der Waals surface area contributed by atoms with Gasteiger partial charge in [-0.3, -0.25) is 0 Å². The number of hydrogen-bond acceptors (Lipinski definition) is 7. The highest BCUT2D eigenvalue weighted by Crippen LogP contribution is 2.50. The Bertz CT molecular complexity index is 1930. The van der Waals surface area contributed by atoms with Gasteiger partial charge in [0.2, 0.25) is 0 Å². The van der Waals surface area contributed by atoms with Crippen molar-refractivity contribution in [2.24, 2.45) is 0 Å². The number of rotatable bonds is 10. The number of fused-ring (bicyclic) bond motifs is 3. The van der Waals surface area contributed by atoms with Crippen LogP contribution in [0.25, 0.3) is 20.2 Å². The predicted molar refractivity (Wildman–Crippen MR) is 182 cm³/mol. The normalized spacial score (nSPS) is 11.7. The maximum atomic E-state index is 14.6. The zero-order valence-corrected chi connectivity index (χ0v) is 26.4. The molecule has 0 saturated heterocycles. The fourth-order valence-corrected chi connectivity index (χ4v) is 9.07. The molecular weight excluding hydrogens is 622 g/mol. The summed E-state index contributed by atoms with van der Waals surface area (Å²) in [5.41, 5.74) is 0. The molecule has 0 fully saturated rings. The molecule has 7 aromatic rings. The Morgan fingerprint density at radius 1 is 0.378 bits per heavy atom. The van der Waals surface area contributed by atoms with Gasteiger partial charge in [-0.1, -0.05) is 72.8 Å². The Kier molecular flexibility index (Phi) is 7.91. The van der Waals surface area contributed by atoms with Crippen molar-refractivity contribution in [2.45, 2.75) is 0 Å². The first-order chi connectivity index (χ1) is 22.0. The molecule has 6 nitrogen and oxygen atoms in total. The molecule has 7 rings (SSSR count). The Labute approximate surface area is 264 Å². The van der Waals surface area contributed by atoms with Crippen LogP contribution in [0.4, 0.5) is 0 Å². The van der Waals surface area contributed by atoms with Crippen molar-refractivity contribution in [3.05, 3.63) is 158 Å². The Morgan fingerprint density at radius 3 is 0.956 bits per heavy atom. The quantitative estimate of drug-likeness (QED) is 0.138. The zero-order valence-electron chi connectivity index (χ0n) is 23.8. The average molecular weight is 649 g/mol. The molecule has 0 N–H and O–H groups in total. The van der Waals surface area contributed by atoms with E-state index in [-0.39, 0.29) is 0 Å². The number of para-hydroxylation sites is 4. The van der Waals surface area contributed by atoms with E-state index in [1.807, 2.05) is 97.1 Å². The van der Waals surface area contributed by atoms with Gasteiger partial charge in [-0.2, -0.15) is 0 Å². The minimum absolute atomic E-state index is 0.386. The van der Waals surface area contributed by atoms with Crippen molar-refractivity contribution in [3.8, 4) is 23.0 Å². The van der Waals surface area contributed by atoms with Crippen LogP contribution in [-0.4, -0.2) is 0 Å². The summed E-state index contributed by atoms with van der Waals surface area (Å²) in [7, 11) is -7.82. The summed E-state index contributed by atoms with van der Waals surface area (Å²) < 4.78 is 55.4. The molecule has 0 unspecified atom stereocenters. The molecule has 45 heavy (non-hydrogen) atoms. The first kappa shape index (κ1) is 28.9. The average Bonchev–Trinajstić information content (AvgIpc) is 3.44. The molecule has 0 spiro atoms. The topological polar surface area (TPSA) is 71.1 Å². The van der Waals surface area contributed by atoms with E-state index < -0.39 is 15.2 Å². The molecule has 1 heterocycles. The summed E-state index contributed by atoms with van der Waals surface area (Å²) in [4.78, 5) is 0. The molecule has 0 bridgehead atoms. The van der Waals surface area contributed by atoms with E-state index in [9.17, 15) is 9.13 Å². The summed E-state index contributed by atoms with van der Waals surface area (Å²) in [6.07, 6.45) is 0. The third-order valence-electron chi connectivity index (χ3n) is 6.94. The van der Waals surface area contributed by atoms with Gasteiger partial charge in [0.05, 0.1) is 10.6 Å². The number of benzene rings is 6. The van der Waals surface area contributed by atoms with E-state index in [2.05, 4.69) is 0 Å². The van der Waals surface area contributed by atoms with Gasteiger partial charge >= 0.3 is 15.2 Å². The van der Waals surface area contributed by atoms with E-state index in [0.717, 1.165) is 20.2 Å². The molecule has 222 valence electrons. The van der Waals surface area contributed by atoms with Crippen LogP contribution in [-0.2, 0) is 9.13 Å². The second-order valence-corrected chi connectivity index (χ2v) is 14.9. The second-order valence-electron chi connectivity index (χ2n) is 10.1. The van der Waals surface area contributed by atoms with Crippen LogP contribution < -0.4 is 28.7 Å². The molecule has 0 radical (unpaired) electrons. The molecule has 0 amide bonds. The van der Waals surface area contributed by atoms with E-state index in [4.69, 9.17) is 18.1 Å². The van der Waals surface area contributed by atoms with E-state index in [0.29, 0.717) is 33.6 Å². The van der Waals surface area contributed by atoms with Crippen molar-refractivity contribution in [2.75, 3.05) is 0 Å². The van der Waals surface area contributed by atoms with Gasteiger partial charge in [-0.15, -0.1) is 11.3 Å². The first-order valence-electron chi connectivity index (χ1n) is 14.1. The lowest BCUT2D eigenvalue weighted by atomic mass is 10.1. The van der Waals surface area contributed by atoms with Gasteiger partial charge in [0, 0.05) is 20.2 Å². The van der Waals surface area contributed by atoms with Gasteiger partial charge in [0.25, 0.3) is 0 Å². The van der Waals surface area contributed by atoms with Crippen molar-refractivity contribution in [1.82, 2.24) is 0 Å². The third kappa shape index (κ3) is 6.25. The smallest absolute Gasteiger partial charge is 0.413 e. The molecule has 1 aromatic heterocycles. The lowest BCUT2D eigenvalue weighted by Crippen LogP contribution is -2.15. The fraction of sp³-hybridized carbons (Fsp3) is 0. The molecule has 0 atom stereocenters. The Balaban J connectivity index is 1.34. The highest BCUT2D eigenvalue weighted by Gasteiger charge is 2.34. The maximum Gasteiger partial charge on any atom is 0.462 e. The largest absolute Gasteiger partial charge is 0.462 e. The SMILES string of the molecule is O=P(Oc1ccccc1)(Oc1ccccc1)c1ccc2sc3ccc(P(=O)(Oc4ccccc4)Oc4ccccc4)cc3c2c1. The summed E-state index contributed by atoms with van der Waals surface area (Å²) >= 11 is 1.57. The molecule has 0 aliphatic rings. The fourth-order valence-electron chi connectivity index (χ4n) is 4.82. The molecule has 0 aliphatic heterocycles. The summed E-state index contributed by atoms with van der Waals surface area (Å²) in [6.45, 7) is 0. The number of thiophene rings is 1. The Hall–Kier alpha value is -4.80. The van der Waals surface area contributed by atoms with Gasteiger partial charge < -0.3 is 18.1 Å². The minimum Gasteiger partial charge on any atom is -0.413 e.